The summed E-state index contributed by atoms with van der Waals surface area (Å²) in [7, 11) is 0. The summed E-state index contributed by atoms with van der Waals surface area (Å²) >= 11 is 13.0. The van der Waals surface area contributed by atoms with E-state index in [1.54, 1.807) is 31.2 Å². The fraction of sp³-hybridized carbons (Fsp3) is 0.304. The molecule has 33 heavy (non-hydrogen) atoms. The van der Waals surface area contributed by atoms with Gasteiger partial charge in [-0.1, -0.05) is 40.9 Å². The standard InChI is InChI=1S/C23H22Br2ClN3O4/c1-3-5-6-20-28-19-8-7-15(24)10-17(19)23(31)29(20)27-12-14-9-16(26)11-18(25)22(14)33-13-21(30)32-4-2/h7-12H,3-6,13H2,1-2H3. The summed E-state index contributed by atoms with van der Waals surface area (Å²) in [5.74, 6) is 0.420. The van der Waals surface area contributed by atoms with E-state index in [1.165, 1.54) is 10.9 Å². The Morgan fingerprint density at radius 1 is 1.24 bits per heavy atom. The first kappa shape index (κ1) is 25.4. The number of carbonyl (C=O) groups is 1. The van der Waals surface area contributed by atoms with Crippen LogP contribution in [-0.4, -0.2) is 35.1 Å². The van der Waals surface area contributed by atoms with Crippen LogP contribution in [0.5, 0.6) is 5.75 Å². The number of hydrogen-bond acceptors (Lipinski definition) is 6. The van der Waals surface area contributed by atoms with Gasteiger partial charge in [0.15, 0.2) is 6.61 Å². The van der Waals surface area contributed by atoms with E-state index < -0.39 is 5.97 Å². The van der Waals surface area contributed by atoms with Crippen LogP contribution < -0.4 is 10.3 Å². The Bertz CT molecular complexity index is 1260. The molecule has 0 unspecified atom stereocenters. The van der Waals surface area contributed by atoms with Crippen molar-refractivity contribution in [2.45, 2.75) is 33.1 Å². The van der Waals surface area contributed by atoms with E-state index in [4.69, 9.17) is 21.1 Å². The van der Waals surface area contributed by atoms with E-state index in [2.05, 4.69) is 48.9 Å². The van der Waals surface area contributed by atoms with Gasteiger partial charge in [-0.3, -0.25) is 4.79 Å². The number of esters is 1. The van der Waals surface area contributed by atoms with Gasteiger partial charge in [-0.2, -0.15) is 9.78 Å². The minimum Gasteiger partial charge on any atom is -0.480 e. The molecule has 0 amide bonds. The van der Waals surface area contributed by atoms with Crippen molar-refractivity contribution in [3.05, 3.63) is 66.0 Å². The minimum atomic E-state index is -0.496. The maximum Gasteiger partial charge on any atom is 0.344 e. The van der Waals surface area contributed by atoms with Crippen LogP contribution in [0, 0.1) is 0 Å². The van der Waals surface area contributed by atoms with E-state index in [9.17, 15) is 9.59 Å². The highest BCUT2D eigenvalue weighted by Crippen LogP contribution is 2.32. The van der Waals surface area contributed by atoms with Gasteiger partial charge < -0.3 is 9.47 Å². The smallest absolute Gasteiger partial charge is 0.344 e. The topological polar surface area (TPSA) is 82.8 Å². The van der Waals surface area contributed by atoms with Crippen LogP contribution in [0.25, 0.3) is 10.9 Å². The molecule has 7 nitrogen and oxygen atoms in total. The molecule has 0 atom stereocenters. The molecule has 0 aliphatic carbocycles. The molecule has 0 aliphatic rings. The first-order valence-corrected chi connectivity index (χ1v) is 12.3. The summed E-state index contributed by atoms with van der Waals surface area (Å²) in [5, 5.41) is 5.33. The van der Waals surface area contributed by atoms with Gasteiger partial charge in [0, 0.05) is 21.5 Å². The zero-order chi connectivity index (χ0) is 24.0. The van der Waals surface area contributed by atoms with Crippen molar-refractivity contribution in [2.24, 2.45) is 5.10 Å². The summed E-state index contributed by atoms with van der Waals surface area (Å²) in [4.78, 5) is 29.7. The maximum atomic E-state index is 13.3. The summed E-state index contributed by atoms with van der Waals surface area (Å²) in [6.07, 6.45) is 3.88. The molecule has 0 bridgehead atoms. The Hall–Kier alpha value is -2.23. The van der Waals surface area contributed by atoms with E-state index in [0.717, 1.165) is 17.3 Å². The van der Waals surface area contributed by atoms with E-state index >= 15 is 0 Å². The fourth-order valence-corrected chi connectivity index (χ4v) is 4.40. The van der Waals surface area contributed by atoms with E-state index in [0.29, 0.717) is 44.0 Å². The molecule has 10 heteroatoms. The van der Waals surface area contributed by atoms with E-state index in [1.807, 2.05) is 6.07 Å². The van der Waals surface area contributed by atoms with Crippen LogP contribution in [0.3, 0.4) is 0 Å². The second-order valence-electron chi connectivity index (χ2n) is 7.05. The number of ether oxygens (including phenoxy) is 2. The van der Waals surface area contributed by atoms with Crippen molar-refractivity contribution in [1.82, 2.24) is 9.66 Å². The van der Waals surface area contributed by atoms with Crippen LogP contribution in [0.4, 0.5) is 0 Å². The molecule has 1 aromatic heterocycles. The van der Waals surface area contributed by atoms with Crippen molar-refractivity contribution < 1.29 is 14.3 Å². The van der Waals surface area contributed by atoms with E-state index in [-0.39, 0.29) is 18.8 Å². The van der Waals surface area contributed by atoms with Gasteiger partial charge >= 0.3 is 5.97 Å². The minimum absolute atomic E-state index is 0.257. The second kappa shape index (κ2) is 11.8. The predicted molar refractivity (Wildman–Crippen MR) is 137 cm³/mol. The number of nitrogens with zero attached hydrogens (tertiary/aromatic N) is 3. The van der Waals surface area contributed by atoms with Gasteiger partial charge in [0.1, 0.15) is 11.6 Å². The molecule has 1 heterocycles. The number of fused-ring (bicyclic) bond motifs is 1. The quantitative estimate of drug-likeness (QED) is 0.231. The highest BCUT2D eigenvalue weighted by Gasteiger charge is 2.14. The molecular weight excluding hydrogens is 578 g/mol. The molecule has 0 N–H and O–H groups in total. The van der Waals surface area contributed by atoms with Crippen molar-refractivity contribution in [2.75, 3.05) is 13.2 Å². The van der Waals surface area contributed by atoms with Crippen molar-refractivity contribution in [3.8, 4) is 5.75 Å². The summed E-state index contributed by atoms with van der Waals surface area (Å²) in [5.41, 5.74) is 0.824. The molecule has 0 saturated carbocycles. The molecule has 0 spiro atoms. The number of halogens is 3. The average molecular weight is 600 g/mol. The average Bonchev–Trinajstić information content (AvgIpc) is 2.77. The Morgan fingerprint density at radius 2 is 2.03 bits per heavy atom. The summed E-state index contributed by atoms with van der Waals surface area (Å²) in [6.45, 7) is 3.77. The Balaban J connectivity index is 2.06. The zero-order valence-electron chi connectivity index (χ0n) is 18.1. The van der Waals surface area contributed by atoms with Crippen molar-refractivity contribution in [3.63, 3.8) is 0 Å². The molecular formula is C23H22Br2ClN3O4. The van der Waals surface area contributed by atoms with Gasteiger partial charge in [0.05, 0.1) is 28.2 Å². The zero-order valence-corrected chi connectivity index (χ0v) is 22.0. The predicted octanol–water partition coefficient (Wildman–Crippen LogP) is 5.74. The van der Waals surface area contributed by atoms with Crippen molar-refractivity contribution in [1.29, 1.82) is 0 Å². The third-order valence-corrected chi connectivity index (χ3v) is 5.92. The largest absolute Gasteiger partial charge is 0.480 e. The molecule has 0 saturated heterocycles. The maximum absolute atomic E-state index is 13.3. The third kappa shape index (κ3) is 6.43. The van der Waals surface area contributed by atoms with Crippen LogP contribution in [0.1, 0.15) is 38.1 Å². The lowest BCUT2D eigenvalue weighted by Crippen LogP contribution is -2.22. The SMILES string of the molecule is CCCCc1nc2ccc(Br)cc2c(=O)n1N=Cc1cc(Cl)cc(Br)c1OCC(=O)OCC. The van der Waals surface area contributed by atoms with Gasteiger partial charge in [-0.15, -0.1) is 0 Å². The van der Waals surface area contributed by atoms with Gasteiger partial charge in [0.25, 0.3) is 5.56 Å². The summed E-state index contributed by atoms with van der Waals surface area (Å²) in [6, 6.07) is 8.66. The van der Waals surface area contributed by atoms with Crippen LogP contribution in [0.15, 0.2) is 49.2 Å². The Kier molecular flexibility index (Phi) is 9.05. The van der Waals surface area contributed by atoms with Gasteiger partial charge in [0.2, 0.25) is 0 Å². The molecule has 0 aliphatic heterocycles. The van der Waals surface area contributed by atoms with Crippen LogP contribution >= 0.6 is 43.5 Å². The monoisotopic (exact) mass is 597 g/mol. The number of unbranched alkanes of at least 4 members (excludes halogenated alkanes) is 1. The first-order valence-electron chi connectivity index (χ1n) is 10.4. The van der Waals surface area contributed by atoms with Crippen molar-refractivity contribution >= 4 is 66.5 Å². The first-order chi connectivity index (χ1) is 15.8. The van der Waals surface area contributed by atoms with Crippen LogP contribution in [0.2, 0.25) is 5.02 Å². The van der Waals surface area contributed by atoms with Gasteiger partial charge in [-0.25, -0.2) is 9.78 Å². The fourth-order valence-electron chi connectivity index (χ4n) is 3.09. The molecule has 3 aromatic rings. The molecule has 2 aromatic carbocycles. The van der Waals surface area contributed by atoms with Crippen LogP contribution in [-0.2, 0) is 16.0 Å². The molecule has 0 radical (unpaired) electrons. The Morgan fingerprint density at radius 3 is 2.76 bits per heavy atom. The molecule has 0 fully saturated rings. The second-order valence-corrected chi connectivity index (χ2v) is 9.26. The molecule has 3 rings (SSSR count). The number of aromatic nitrogens is 2. The highest BCUT2D eigenvalue weighted by atomic mass is 79.9. The number of aryl methyl sites for hydroxylation is 1. The lowest BCUT2D eigenvalue weighted by molar-refractivity contribution is -0.145. The molecule has 174 valence electrons. The lowest BCUT2D eigenvalue weighted by Gasteiger charge is -2.12. The number of hydrogen-bond donors (Lipinski definition) is 0. The number of benzene rings is 2. The van der Waals surface area contributed by atoms with Gasteiger partial charge in [-0.05, 0) is 59.6 Å². The Labute approximate surface area is 213 Å². The summed E-state index contributed by atoms with van der Waals surface area (Å²) < 4.78 is 13.2. The number of carbonyl (C=O) groups excluding carboxylic acids is 1. The third-order valence-electron chi connectivity index (χ3n) is 4.62. The lowest BCUT2D eigenvalue weighted by atomic mass is 10.2. The normalized spacial score (nSPS) is 11.3. The number of rotatable bonds is 9. The highest BCUT2D eigenvalue weighted by molar-refractivity contribution is 9.10.